The first kappa shape index (κ1) is 14.0. The van der Waals surface area contributed by atoms with Crippen molar-refractivity contribution in [2.24, 2.45) is 5.92 Å². The smallest absolute Gasteiger partial charge is 0.137 e. The van der Waals surface area contributed by atoms with E-state index in [0.717, 1.165) is 24.8 Å². The Balaban J connectivity index is 1.73. The monoisotopic (exact) mass is 288 g/mol. The molecule has 1 saturated heterocycles. The fourth-order valence-corrected chi connectivity index (χ4v) is 2.59. The number of hydrogen-bond acceptors (Lipinski definition) is 1. The minimum absolute atomic E-state index is 0.549. The minimum Gasteiger partial charge on any atom is -0.488 e. The maximum absolute atomic E-state index is 5.94. The molecule has 0 aliphatic carbocycles. The van der Waals surface area contributed by atoms with Crippen molar-refractivity contribution in [3.8, 4) is 5.75 Å². The molecule has 100 valence electrons. The van der Waals surface area contributed by atoms with Gasteiger partial charge in [-0.15, -0.1) is 0 Å². The summed E-state index contributed by atoms with van der Waals surface area (Å²) < 4.78 is 5.71. The summed E-state index contributed by atoms with van der Waals surface area (Å²) in [5.74, 6) is 1.69. The summed E-state index contributed by atoms with van der Waals surface area (Å²) in [4.78, 5) is 1.65. The Labute approximate surface area is 119 Å². The van der Waals surface area contributed by atoms with Crippen LogP contribution in [0.3, 0.4) is 0 Å². The first-order valence-electron chi connectivity index (χ1n) is 6.56. The lowest BCUT2D eigenvalue weighted by Gasteiger charge is -2.27. The van der Waals surface area contributed by atoms with E-state index in [9.17, 15) is 0 Å². The van der Waals surface area contributed by atoms with Gasteiger partial charge in [0.05, 0.1) is 23.1 Å². The number of likely N-dealkylation sites (tertiary alicyclic amines) is 1. The maximum Gasteiger partial charge on any atom is 0.137 e. The first-order chi connectivity index (χ1) is 8.65. The fraction of sp³-hybridized carbons (Fsp3) is 0.571. The van der Waals surface area contributed by atoms with Gasteiger partial charge < -0.3 is 9.64 Å². The van der Waals surface area contributed by atoms with Crippen LogP contribution in [0, 0.1) is 5.92 Å². The molecule has 18 heavy (non-hydrogen) atoms. The third kappa shape index (κ3) is 4.04. The van der Waals surface area contributed by atoms with Crippen LogP contribution in [0.4, 0.5) is 0 Å². The molecule has 2 rings (SSSR count). The van der Waals surface area contributed by atoms with Gasteiger partial charge in [0.25, 0.3) is 0 Å². The molecule has 0 saturated carbocycles. The molecule has 1 aliphatic heterocycles. The lowest BCUT2D eigenvalue weighted by atomic mass is 9.99. The van der Waals surface area contributed by atoms with Gasteiger partial charge in [0.15, 0.2) is 0 Å². The number of piperidine rings is 1. The van der Waals surface area contributed by atoms with Crippen molar-refractivity contribution in [1.82, 2.24) is 0 Å². The molecule has 1 heterocycles. The molecule has 0 atom stereocenters. The van der Waals surface area contributed by atoms with Gasteiger partial charge in [0.1, 0.15) is 18.9 Å². The summed E-state index contributed by atoms with van der Waals surface area (Å²) >= 11 is 11.8. The Hall–Kier alpha value is -0.440. The van der Waals surface area contributed by atoms with E-state index in [4.69, 9.17) is 27.9 Å². The summed E-state index contributed by atoms with van der Waals surface area (Å²) in [7, 11) is 0. The SMILES string of the molecule is CC1CC[NH+](CCOc2ccc(Cl)c(Cl)c2)CC1. The second-order valence-corrected chi connectivity index (χ2v) is 5.92. The zero-order valence-electron chi connectivity index (χ0n) is 10.7. The number of benzene rings is 1. The van der Waals surface area contributed by atoms with Crippen molar-refractivity contribution in [3.05, 3.63) is 28.2 Å². The van der Waals surface area contributed by atoms with Gasteiger partial charge in [0.2, 0.25) is 0 Å². The van der Waals surface area contributed by atoms with Gasteiger partial charge in [-0.2, -0.15) is 0 Å². The van der Waals surface area contributed by atoms with Gasteiger partial charge >= 0.3 is 0 Å². The molecule has 0 amide bonds. The second-order valence-electron chi connectivity index (χ2n) is 5.11. The molecule has 0 unspecified atom stereocenters. The van der Waals surface area contributed by atoms with Gasteiger partial charge in [-0.05, 0) is 30.9 Å². The predicted octanol–water partition coefficient (Wildman–Crippen LogP) is 2.69. The highest BCUT2D eigenvalue weighted by atomic mass is 35.5. The normalized spacial score (nSPS) is 23.9. The van der Waals surface area contributed by atoms with Crippen LogP contribution in [-0.4, -0.2) is 26.2 Å². The molecule has 0 aromatic heterocycles. The van der Waals surface area contributed by atoms with E-state index >= 15 is 0 Å². The molecule has 1 aromatic rings. The topological polar surface area (TPSA) is 13.7 Å². The molecule has 2 nitrogen and oxygen atoms in total. The first-order valence-corrected chi connectivity index (χ1v) is 7.32. The standard InChI is InChI=1S/C14H19Cl2NO/c1-11-4-6-17(7-5-11)8-9-18-12-2-3-13(15)14(16)10-12/h2-3,10-11H,4-9H2,1H3/p+1. The van der Waals surface area contributed by atoms with Gasteiger partial charge in [-0.25, -0.2) is 0 Å². The van der Waals surface area contributed by atoms with E-state index in [1.165, 1.54) is 25.9 Å². The number of rotatable bonds is 4. The molecule has 1 aliphatic rings. The summed E-state index contributed by atoms with van der Waals surface area (Å²) in [6, 6.07) is 5.41. The Morgan fingerprint density at radius 1 is 1.22 bits per heavy atom. The van der Waals surface area contributed by atoms with E-state index in [-0.39, 0.29) is 0 Å². The number of nitrogens with one attached hydrogen (secondary N) is 1. The van der Waals surface area contributed by atoms with E-state index in [1.807, 2.05) is 6.07 Å². The van der Waals surface area contributed by atoms with Crippen LogP contribution in [0.25, 0.3) is 0 Å². The van der Waals surface area contributed by atoms with Crippen LogP contribution in [0.2, 0.25) is 10.0 Å². The zero-order valence-corrected chi connectivity index (χ0v) is 12.2. The van der Waals surface area contributed by atoms with Crippen molar-refractivity contribution in [2.45, 2.75) is 19.8 Å². The van der Waals surface area contributed by atoms with Crippen molar-refractivity contribution >= 4 is 23.2 Å². The van der Waals surface area contributed by atoms with Crippen molar-refractivity contribution in [2.75, 3.05) is 26.2 Å². The van der Waals surface area contributed by atoms with E-state index in [2.05, 4.69) is 6.92 Å². The summed E-state index contributed by atoms with van der Waals surface area (Å²) in [5, 5.41) is 1.12. The van der Waals surface area contributed by atoms with Crippen LogP contribution in [0.15, 0.2) is 18.2 Å². The van der Waals surface area contributed by atoms with Crippen LogP contribution >= 0.6 is 23.2 Å². The molecular weight excluding hydrogens is 269 g/mol. The maximum atomic E-state index is 5.94. The molecule has 1 aromatic carbocycles. The predicted molar refractivity (Wildman–Crippen MR) is 75.9 cm³/mol. The average molecular weight is 289 g/mol. The molecule has 0 radical (unpaired) electrons. The van der Waals surface area contributed by atoms with Gasteiger partial charge in [-0.1, -0.05) is 30.1 Å². The number of quaternary nitrogens is 1. The van der Waals surface area contributed by atoms with E-state index < -0.39 is 0 Å². The lowest BCUT2D eigenvalue weighted by Crippen LogP contribution is -3.13. The van der Waals surface area contributed by atoms with Crippen molar-refractivity contribution < 1.29 is 9.64 Å². The van der Waals surface area contributed by atoms with Crippen molar-refractivity contribution in [3.63, 3.8) is 0 Å². The number of ether oxygens (including phenoxy) is 1. The summed E-state index contributed by atoms with van der Waals surface area (Å²) in [6.45, 7) is 6.68. The molecule has 1 N–H and O–H groups in total. The quantitative estimate of drug-likeness (QED) is 0.899. The highest BCUT2D eigenvalue weighted by molar-refractivity contribution is 6.42. The third-order valence-electron chi connectivity index (χ3n) is 3.60. The van der Waals surface area contributed by atoms with Crippen LogP contribution < -0.4 is 9.64 Å². The van der Waals surface area contributed by atoms with Crippen molar-refractivity contribution in [1.29, 1.82) is 0 Å². The van der Waals surface area contributed by atoms with Gasteiger partial charge in [-0.3, -0.25) is 0 Å². The highest BCUT2D eigenvalue weighted by Gasteiger charge is 2.18. The minimum atomic E-state index is 0.549. The van der Waals surface area contributed by atoms with Crippen LogP contribution in [-0.2, 0) is 0 Å². The molecule has 1 fully saturated rings. The molecular formula is C14H20Cl2NO+. The highest BCUT2D eigenvalue weighted by Crippen LogP contribution is 2.26. The van der Waals surface area contributed by atoms with E-state index in [0.29, 0.717) is 10.0 Å². The largest absolute Gasteiger partial charge is 0.488 e. The Kier molecular flexibility index (Phi) is 5.16. The zero-order chi connectivity index (χ0) is 13.0. The van der Waals surface area contributed by atoms with E-state index in [1.54, 1.807) is 17.0 Å². The Morgan fingerprint density at radius 2 is 1.94 bits per heavy atom. The summed E-state index contributed by atoms with van der Waals surface area (Å²) in [5.41, 5.74) is 0. The summed E-state index contributed by atoms with van der Waals surface area (Å²) in [6.07, 6.45) is 2.67. The number of hydrogen-bond donors (Lipinski definition) is 1. The van der Waals surface area contributed by atoms with Crippen LogP contribution in [0.1, 0.15) is 19.8 Å². The van der Waals surface area contributed by atoms with Gasteiger partial charge in [0, 0.05) is 6.07 Å². The molecule has 0 bridgehead atoms. The third-order valence-corrected chi connectivity index (χ3v) is 4.34. The van der Waals surface area contributed by atoms with Crippen LogP contribution in [0.5, 0.6) is 5.75 Å². The molecule has 4 heteroatoms. The fourth-order valence-electron chi connectivity index (χ4n) is 2.30. The average Bonchev–Trinajstić information content (AvgIpc) is 2.36. The molecule has 0 spiro atoms. The Bertz CT molecular complexity index is 389. The number of halogens is 2. The Morgan fingerprint density at radius 3 is 2.61 bits per heavy atom. The second kappa shape index (κ2) is 6.65. The lowest BCUT2D eigenvalue weighted by molar-refractivity contribution is -0.906.